The summed E-state index contributed by atoms with van der Waals surface area (Å²) in [6.45, 7) is 7.32. The van der Waals surface area contributed by atoms with Gasteiger partial charge in [0, 0.05) is 0 Å². The molecule has 25 heavy (non-hydrogen) atoms. The minimum absolute atomic E-state index is 0.0593. The summed E-state index contributed by atoms with van der Waals surface area (Å²) in [6.07, 6.45) is -0.606. The third kappa shape index (κ3) is 3.32. The second-order valence-electron chi connectivity index (χ2n) is 6.29. The number of anilines is 2. The monoisotopic (exact) mass is 360 g/mol. The molecule has 1 heterocycles. The van der Waals surface area contributed by atoms with Crippen molar-refractivity contribution >= 4 is 27.3 Å². The molecule has 0 radical (unpaired) electrons. The minimum Gasteiger partial charge on any atom is -0.479 e. The molecular weight excluding hydrogens is 340 g/mol. The van der Waals surface area contributed by atoms with Gasteiger partial charge in [-0.15, -0.1) is 0 Å². The highest BCUT2D eigenvalue weighted by molar-refractivity contribution is 7.92. The molecule has 7 heteroatoms. The molecule has 3 rings (SSSR count). The summed E-state index contributed by atoms with van der Waals surface area (Å²) in [5.74, 6) is 0.147. The van der Waals surface area contributed by atoms with Crippen LogP contribution in [0.25, 0.3) is 0 Å². The second kappa shape index (κ2) is 6.07. The Morgan fingerprint density at radius 2 is 1.72 bits per heavy atom. The molecule has 1 atom stereocenters. The largest absolute Gasteiger partial charge is 0.479 e. The lowest BCUT2D eigenvalue weighted by Crippen LogP contribution is -2.34. The molecule has 0 aromatic heterocycles. The Morgan fingerprint density at radius 1 is 1.08 bits per heavy atom. The zero-order chi connectivity index (χ0) is 18.4. The zero-order valence-corrected chi connectivity index (χ0v) is 15.3. The average molecular weight is 360 g/mol. The van der Waals surface area contributed by atoms with Gasteiger partial charge in [0.2, 0.25) is 0 Å². The standard InChI is InChI=1S/C18H20N2O4S/c1-10-7-11(2)17(12(3)8-10)20-25(22,23)14-5-6-16-15(9-14)19-18(21)13(4)24-16/h5-9,13,20H,1-4H3,(H,19,21). The van der Waals surface area contributed by atoms with Crippen LogP contribution in [-0.2, 0) is 14.8 Å². The molecule has 2 N–H and O–H groups in total. The fraction of sp³-hybridized carbons (Fsp3) is 0.278. The van der Waals surface area contributed by atoms with Gasteiger partial charge in [0.1, 0.15) is 5.75 Å². The molecule has 2 aromatic rings. The molecule has 1 amide bonds. The smallest absolute Gasteiger partial charge is 0.265 e. The van der Waals surface area contributed by atoms with Crippen molar-refractivity contribution in [1.29, 1.82) is 0 Å². The van der Waals surface area contributed by atoms with Crippen LogP contribution >= 0.6 is 0 Å². The molecule has 6 nitrogen and oxygen atoms in total. The molecule has 0 bridgehead atoms. The summed E-state index contributed by atoms with van der Waals surface area (Å²) in [7, 11) is -3.79. The highest BCUT2D eigenvalue weighted by atomic mass is 32.2. The van der Waals surface area contributed by atoms with Crippen LogP contribution in [0.4, 0.5) is 11.4 Å². The van der Waals surface area contributed by atoms with Crippen LogP contribution in [0.3, 0.4) is 0 Å². The number of rotatable bonds is 3. The lowest BCUT2D eigenvalue weighted by atomic mass is 10.1. The molecule has 1 aliphatic heterocycles. The van der Waals surface area contributed by atoms with E-state index < -0.39 is 16.1 Å². The van der Waals surface area contributed by atoms with Gasteiger partial charge >= 0.3 is 0 Å². The van der Waals surface area contributed by atoms with Crippen LogP contribution in [0, 0.1) is 20.8 Å². The van der Waals surface area contributed by atoms with E-state index in [1.165, 1.54) is 12.1 Å². The van der Waals surface area contributed by atoms with Gasteiger partial charge in [0.15, 0.2) is 6.10 Å². The predicted octanol–water partition coefficient (Wildman–Crippen LogP) is 3.13. The number of nitrogens with one attached hydrogen (secondary N) is 2. The normalized spacial score (nSPS) is 16.6. The maximum absolute atomic E-state index is 12.8. The van der Waals surface area contributed by atoms with Gasteiger partial charge < -0.3 is 10.1 Å². The number of hydrogen-bond donors (Lipinski definition) is 2. The van der Waals surface area contributed by atoms with E-state index in [-0.39, 0.29) is 10.8 Å². The number of sulfonamides is 1. The number of hydrogen-bond acceptors (Lipinski definition) is 4. The SMILES string of the molecule is Cc1cc(C)c(NS(=O)(=O)c2ccc3c(c2)NC(=O)C(C)O3)c(C)c1. The second-order valence-corrected chi connectivity index (χ2v) is 7.97. The first kappa shape index (κ1) is 17.3. The number of fused-ring (bicyclic) bond motifs is 1. The zero-order valence-electron chi connectivity index (χ0n) is 14.5. The lowest BCUT2D eigenvalue weighted by molar-refractivity contribution is -0.122. The van der Waals surface area contributed by atoms with E-state index in [4.69, 9.17) is 4.74 Å². The first-order chi connectivity index (χ1) is 11.7. The van der Waals surface area contributed by atoms with Gasteiger partial charge in [0.25, 0.3) is 15.9 Å². The van der Waals surface area contributed by atoms with Crippen molar-refractivity contribution in [2.75, 3.05) is 10.0 Å². The van der Waals surface area contributed by atoms with E-state index in [9.17, 15) is 13.2 Å². The summed E-state index contributed by atoms with van der Waals surface area (Å²) >= 11 is 0. The van der Waals surface area contributed by atoms with Gasteiger partial charge in [0.05, 0.1) is 16.3 Å². The summed E-state index contributed by atoms with van der Waals surface area (Å²) in [6, 6.07) is 8.26. The summed E-state index contributed by atoms with van der Waals surface area (Å²) in [5.41, 5.74) is 3.69. The Bertz CT molecular complexity index is 944. The molecule has 1 unspecified atom stereocenters. The van der Waals surface area contributed by atoms with Crippen molar-refractivity contribution in [1.82, 2.24) is 0 Å². The summed E-state index contributed by atoms with van der Waals surface area (Å²) in [4.78, 5) is 11.8. The quantitative estimate of drug-likeness (QED) is 0.881. The van der Waals surface area contributed by atoms with E-state index >= 15 is 0 Å². The average Bonchev–Trinajstić information content (AvgIpc) is 2.51. The fourth-order valence-corrected chi connectivity index (χ4v) is 4.12. The first-order valence-corrected chi connectivity index (χ1v) is 9.38. The summed E-state index contributed by atoms with van der Waals surface area (Å²) in [5, 5.41) is 2.66. The van der Waals surface area contributed by atoms with E-state index in [1.807, 2.05) is 32.9 Å². The molecule has 1 aliphatic rings. The topological polar surface area (TPSA) is 84.5 Å². The van der Waals surface area contributed by atoms with Crippen LogP contribution in [0.15, 0.2) is 35.2 Å². The predicted molar refractivity (Wildman–Crippen MR) is 96.6 cm³/mol. The van der Waals surface area contributed by atoms with Crippen molar-refractivity contribution in [2.45, 2.75) is 38.7 Å². The maximum atomic E-state index is 12.8. The van der Waals surface area contributed by atoms with Gasteiger partial charge in [-0.05, 0) is 57.0 Å². The van der Waals surface area contributed by atoms with Gasteiger partial charge in [-0.25, -0.2) is 8.42 Å². The number of amides is 1. The molecule has 2 aromatic carbocycles. The molecular formula is C18H20N2O4S. The van der Waals surface area contributed by atoms with Crippen molar-refractivity contribution in [3.63, 3.8) is 0 Å². The number of benzene rings is 2. The van der Waals surface area contributed by atoms with Crippen molar-refractivity contribution < 1.29 is 17.9 Å². The summed E-state index contributed by atoms with van der Waals surface area (Å²) < 4.78 is 33.6. The van der Waals surface area contributed by atoms with Crippen LogP contribution in [0.1, 0.15) is 23.6 Å². The van der Waals surface area contributed by atoms with E-state index in [2.05, 4.69) is 10.0 Å². The Labute approximate surface area is 147 Å². The molecule has 0 fully saturated rings. The molecule has 0 aliphatic carbocycles. The van der Waals surface area contributed by atoms with Gasteiger partial charge in [-0.2, -0.15) is 0 Å². The van der Waals surface area contributed by atoms with E-state index in [0.29, 0.717) is 17.1 Å². The number of aryl methyl sites for hydroxylation is 3. The number of ether oxygens (including phenoxy) is 1. The van der Waals surface area contributed by atoms with Crippen molar-refractivity contribution in [3.05, 3.63) is 47.0 Å². The van der Waals surface area contributed by atoms with Crippen molar-refractivity contribution in [3.8, 4) is 5.75 Å². The molecule has 132 valence electrons. The van der Waals surface area contributed by atoms with Gasteiger partial charge in [-0.3, -0.25) is 9.52 Å². The molecule has 0 saturated carbocycles. The van der Waals surface area contributed by atoms with Gasteiger partial charge in [-0.1, -0.05) is 17.7 Å². The Hall–Kier alpha value is -2.54. The molecule has 0 spiro atoms. The highest BCUT2D eigenvalue weighted by Crippen LogP contribution is 2.33. The Kier molecular flexibility index (Phi) is 4.20. The minimum atomic E-state index is -3.79. The first-order valence-electron chi connectivity index (χ1n) is 7.89. The van der Waals surface area contributed by atoms with Crippen LogP contribution in [0.5, 0.6) is 5.75 Å². The Balaban J connectivity index is 1.97. The van der Waals surface area contributed by atoms with Crippen LogP contribution in [0.2, 0.25) is 0 Å². The van der Waals surface area contributed by atoms with E-state index in [1.54, 1.807) is 13.0 Å². The molecule has 0 saturated heterocycles. The lowest BCUT2D eigenvalue weighted by Gasteiger charge is -2.23. The Morgan fingerprint density at radius 3 is 2.36 bits per heavy atom. The van der Waals surface area contributed by atoms with Crippen LogP contribution < -0.4 is 14.8 Å². The fourth-order valence-electron chi connectivity index (χ4n) is 2.89. The van der Waals surface area contributed by atoms with Crippen LogP contribution in [-0.4, -0.2) is 20.4 Å². The number of carbonyl (C=O) groups is 1. The maximum Gasteiger partial charge on any atom is 0.265 e. The van der Waals surface area contributed by atoms with E-state index in [0.717, 1.165) is 16.7 Å². The third-order valence-corrected chi connectivity index (χ3v) is 5.45. The van der Waals surface area contributed by atoms with Crippen molar-refractivity contribution in [2.24, 2.45) is 0 Å². The number of carbonyl (C=O) groups excluding carboxylic acids is 1. The highest BCUT2D eigenvalue weighted by Gasteiger charge is 2.26. The third-order valence-electron chi connectivity index (χ3n) is 4.11.